The van der Waals surface area contributed by atoms with E-state index in [9.17, 15) is 9.59 Å². The number of piperidine rings is 1. The van der Waals surface area contributed by atoms with Gasteiger partial charge in [-0.15, -0.1) is 0 Å². The first-order chi connectivity index (χ1) is 18.1. The Labute approximate surface area is 217 Å². The van der Waals surface area contributed by atoms with Gasteiger partial charge in [-0.25, -0.2) is 4.79 Å². The molecule has 0 bridgehead atoms. The molecule has 2 aliphatic heterocycles. The summed E-state index contributed by atoms with van der Waals surface area (Å²) in [6.07, 6.45) is 2.50. The number of anilines is 2. The number of esters is 1. The van der Waals surface area contributed by atoms with Crippen molar-refractivity contribution >= 4 is 34.5 Å². The van der Waals surface area contributed by atoms with Crippen LogP contribution in [0.4, 0.5) is 11.4 Å². The normalized spacial score (nSPS) is 17.2. The molecular formula is C30H31N3O4. The van der Waals surface area contributed by atoms with Gasteiger partial charge in [0.2, 0.25) is 0 Å². The van der Waals surface area contributed by atoms with Crippen LogP contribution in [0.1, 0.15) is 39.9 Å². The number of nitrogens with one attached hydrogen (secondary N) is 2. The highest BCUT2D eigenvalue weighted by Crippen LogP contribution is 2.38. The van der Waals surface area contributed by atoms with Crippen LogP contribution < -0.4 is 10.6 Å². The van der Waals surface area contributed by atoms with Crippen molar-refractivity contribution < 1.29 is 19.1 Å². The minimum absolute atomic E-state index is 0.223. The third-order valence-corrected chi connectivity index (χ3v) is 7.00. The van der Waals surface area contributed by atoms with Crippen molar-refractivity contribution in [3.63, 3.8) is 0 Å². The van der Waals surface area contributed by atoms with Crippen LogP contribution in [-0.4, -0.2) is 50.2 Å². The van der Waals surface area contributed by atoms with Gasteiger partial charge < -0.3 is 20.1 Å². The number of hydrogen-bond acceptors (Lipinski definition) is 6. The monoisotopic (exact) mass is 497 g/mol. The summed E-state index contributed by atoms with van der Waals surface area (Å²) in [5, 5.41) is 6.40. The summed E-state index contributed by atoms with van der Waals surface area (Å²) in [7, 11) is 3.13. The molecule has 0 spiro atoms. The summed E-state index contributed by atoms with van der Waals surface area (Å²) in [5.41, 5.74) is 5.97. The molecule has 0 aliphatic carbocycles. The first kappa shape index (κ1) is 24.7. The smallest absolute Gasteiger partial charge is 0.337 e. The van der Waals surface area contributed by atoms with Crippen LogP contribution in [0.2, 0.25) is 0 Å². The lowest BCUT2D eigenvalue weighted by Gasteiger charge is -2.31. The fraction of sp³-hybridized carbons (Fsp3) is 0.267. The van der Waals surface area contributed by atoms with E-state index in [-0.39, 0.29) is 5.91 Å². The summed E-state index contributed by atoms with van der Waals surface area (Å²) >= 11 is 0. The predicted octanol–water partition coefficient (Wildman–Crippen LogP) is 5.02. The summed E-state index contributed by atoms with van der Waals surface area (Å²) in [6.45, 7) is 2.98. The number of rotatable bonds is 7. The predicted molar refractivity (Wildman–Crippen MR) is 145 cm³/mol. The Kier molecular flexibility index (Phi) is 7.35. The molecule has 190 valence electrons. The Balaban J connectivity index is 1.42. The van der Waals surface area contributed by atoms with Crippen molar-refractivity contribution in [3.05, 3.63) is 95.1 Å². The van der Waals surface area contributed by atoms with Gasteiger partial charge in [0, 0.05) is 38.0 Å². The Morgan fingerprint density at radius 2 is 1.70 bits per heavy atom. The quantitative estimate of drug-likeness (QED) is 0.353. The lowest BCUT2D eigenvalue weighted by molar-refractivity contribution is -0.110. The molecule has 0 aromatic heterocycles. The highest BCUT2D eigenvalue weighted by Gasteiger charge is 2.29. The number of ether oxygens (including phenoxy) is 2. The van der Waals surface area contributed by atoms with Gasteiger partial charge in [-0.2, -0.15) is 0 Å². The van der Waals surface area contributed by atoms with Crippen molar-refractivity contribution in [3.8, 4) is 0 Å². The van der Waals surface area contributed by atoms with Gasteiger partial charge in [0.15, 0.2) is 0 Å². The largest absolute Gasteiger partial charge is 0.465 e. The number of methoxy groups -OCH3 is 2. The van der Waals surface area contributed by atoms with E-state index < -0.39 is 5.97 Å². The molecule has 1 fully saturated rings. The highest BCUT2D eigenvalue weighted by atomic mass is 16.5. The molecule has 2 aliphatic rings. The number of benzene rings is 3. The molecule has 0 saturated carbocycles. The van der Waals surface area contributed by atoms with E-state index in [1.54, 1.807) is 25.3 Å². The Bertz CT molecular complexity index is 1310. The van der Waals surface area contributed by atoms with Crippen LogP contribution >= 0.6 is 0 Å². The maximum Gasteiger partial charge on any atom is 0.337 e. The SMILES string of the molecule is COC(=O)c1ccc2c(c1)NC(=O)/C2=C(\Nc1ccc(CN2CCC(OC)CC2)cc1)c1ccccc1. The van der Waals surface area contributed by atoms with Gasteiger partial charge in [-0.3, -0.25) is 9.69 Å². The minimum atomic E-state index is -0.445. The molecule has 7 nitrogen and oxygen atoms in total. The van der Waals surface area contributed by atoms with E-state index in [1.807, 2.05) is 30.3 Å². The molecule has 1 amide bonds. The molecule has 5 rings (SSSR count). The number of fused-ring (bicyclic) bond motifs is 1. The van der Waals surface area contributed by atoms with E-state index in [0.717, 1.165) is 49.3 Å². The van der Waals surface area contributed by atoms with E-state index >= 15 is 0 Å². The van der Waals surface area contributed by atoms with Gasteiger partial charge in [-0.05, 0) is 48.2 Å². The van der Waals surface area contributed by atoms with Crippen molar-refractivity contribution in [2.75, 3.05) is 37.9 Å². The van der Waals surface area contributed by atoms with Gasteiger partial charge in [-0.1, -0.05) is 48.5 Å². The number of likely N-dealkylation sites (tertiary alicyclic amines) is 1. The second kappa shape index (κ2) is 11.0. The molecule has 0 radical (unpaired) electrons. The van der Waals surface area contributed by atoms with Gasteiger partial charge in [0.05, 0.1) is 35.7 Å². The highest BCUT2D eigenvalue weighted by molar-refractivity contribution is 6.37. The molecule has 37 heavy (non-hydrogen) atoms. The Hall–Kier alpha value is -3.94. The lowest BCUT2D eigenvalue weighted by atomic mass is 9.99. The summed E-state index contributed by atoms with van der Waals surface area (Å²) in [5.74, 6) is -0.668. The third kappa shape index (κ3) is 5.43. The second-order valence-electron chi connectivity index (χ2n) is 9.36. The topological polar surface area (TPSA) is 79.9 Å². The zero-order chi connectivity index (χ0) is 25.8. The van der Waals surface area contributed by atoms with Gasteiger partial charge >= 0.3 is 5.97 Å². The Morgan fingerprint density at radius 3 is 2.38 bits per heavy atom. The number of carbonyl (C=O) groups excluding carboxylic acids is 2. The van der Waals surface area contributed by atoms with E-state index in [4.69, 9.17) is 9.47 Å². The van der Waals surface area contributed by atoms with Crippen LogP contribution in [0.5, 0.6) is 0 Å². The summed E-state index contributed by atoms with van der Waals surface area (Å²) in [6, 6.07) is 23.3. The Morgan fingerprint density at radius 1 is 0.973 bits per heavy atom. The fourth-order valence-electron chi connectivity index (χ4n) is 4.95. The zero-order valence-electron chi connectivity index (χ0n) is 21.1. The average molecular weight is 498 g/mol. The number of hydrogen-bond donors (Lipinski definition) is 2. The molecule has 2 N–H and O–H groups in total. The minimum Gasteiger partial charge on any atom is -0.465 e. The number of nitrogens with zero attached hydrogens (tertiary/aromatic N) is 1. The van der Waals surface area contributed by atoms with E-state index in [1.165, 1.54) is 12.7 Å². The molecule has 2 heterocycles. The number of carbonyl (C=O) groups is 2. The lowest BCUT2D eigenvalue weighted by Crippen LogP contribution is -2.36. The first-order valence-electron chi connectivity index (χ1n) is 12.5. The number of amides is 1. The maximum atomic E-state index is 13.2. The van der Waals surface area contributed by atoms with Crippen molar-refractivity contribution in [2.24, 2.45) is 0 Å². The summed E-state index contributed by atoms with van der Waals surface area (Å²) < 4.78 is 10.3. The molecule has 0 unspecified atom stereocenters. The van der Waals surface area contributed by atoms with Crippen LogP contribution in [-0.2, 0) is 20.8 Å². The standard InChI is InChI=1S/C30H31N3O4/c1-36-24-14-16-33(17-15-24)19-20-8-11-23(12-9-20)31-28(21-6-4-3-5-7-21)27-25-13-10-22(30(35)37-2)18-26(25)32-29(27)34/h3-13,18,24,31H,14-17,19H2,1-2H3,(H,32,34)/b28-27-. The van der Waals surface area contributed by atoms with Crippen LogP contribution in [0, 0.1) is 0 Å². The molecule has 7 heteroatoms. The van der Waals surface area contributed by atoms with Crippen molar-refractivity contribution in [1.29, 1.82) is 0 Å². The van der Waals surface area contributed by atoms with Crippen LogP contribution in [0.25, 0.3) is 11.3 Å². The van der Waals surface area contributed by atoms with Gasteiger partial charge in [0.1, 0.15) is 0 Å². The maximum absolute atomic E-state index is 13.2. The van der Waals surface area contributed by atoms with E-state index in [2.05, 4.69) is 39.8 Å². The molecule has 3 aromatic carbocycles. The molecule has 3 aromatic rings. The third-order valence-electron chi connectivity index (χ3n) is 7.00. The van der Waals surface area contributed by atoms with Crippen LogP contribution in [0.15, 0.2) is 72.8 Å². The van der Waals surface area contributed by atoms with Gasteiger partial charge in [0.25, 0.3) is 5.91 Å². The van der Waals surface area contributed by atoms with Crippen LogP contribution in [0.3, 0.4) is 0 Å². The zero-order valence-corrected chi connectivity index (χ0v) is 21.1. The van der Waals surface area contributed by atoms with Crippen molar-refractivity contribution in [2.45, 2.75) is 25.5 Å². The molecule has 0 atom stereocenters. The second-order valence-corrected chi connectivity index (χ2v) is 9.36. The molecular weight excluding hydrogens is 466 g/mol. The van der Waals surface area contributed by atoms with Crippen molar-refractivity contribution in [1.82, 2.24) is 4.90 Å². The molecule has 1 saturated heterocycles. The van der Waals surface area contributed by atoms with E-state index in [0.29, 0.717) is 28.6 Å². The first-order valence-corrected chi connectivity index (χ1v) is 12.5. The average Bonchev–Trinajstić information content (AvgIpc) is 3.27. The fourth-order valence-corrected chi connectivity index (χ4v) is 4.95. The summed E-state index contributed by atoms with van der Waals surface area (Å²) in [4.78, 5) is 27.6.